The van der Waals surface area contributed by atoms with Crippen LogP contribution in [0.1, 0.15) is 16.8 Å². The van der Waals surface area contributed by atoms with E-state index in [4.69, 9.17) is 11.5 Å². The van der Waals surface area contributed by atoms with Crippen molar-refractivity contribution in [1.29, 1.82) is 0 Å². The van der Waals surface area contributed by atoms with E-state index < -0.39 is 11.8 Å². The molecule has 9 heteroatoms. The van der Waals surface area contributed by atoms with E-state index in [1.807, 2.05) is 19.1 Å². The van der Waals surface area contributed by atoms with Crippen molar-refractivity contribution in [3.05, 3.63) is 71.4 Å². The van der Waals surface area contributed by atoms with Gasteiger partial charge in [-0.05, 0) is 43.3 Å². The molecule has 3 aromatic rings. The van der Waals surface area contributed by atoms with Gasteiger partial charge in [0.15, 0.2) is 0 Å². The molecule has 0 radical (unpaired) electrons. The number of aryl methyl sites for hydroxylation is 1. The molecule has 0 atom stereocenters. The van der Waals surface area contributed by atoms with Crippen LogP contribution in [0.5, 0.6) is 0 Å². The Morgan fingerprint density at radius 2 is 1.73 bits per heavy atom. The van der Waals surface area contributed by atoms with E-state index in [0.717, 1.165) is 16.6 Å². The van der Waals surface area contributed by atoms with Crippen molar-refractivity contribution in [1.82, 2.24) is 20.2 Å². The number of hydrogen-bond acceptors (Lipinski definition) is 5. The molecule has 3 rings (SSSR count). The molecule has 2 amide bonds. The number of carbonyl (C=O) groups is 1. The predicted molar refractivity (Wildman–Crippen MR) is 116 cm³/mol. The van der Waals surface area contributed by atoms with Crippen molar-refractivity contribution < 1.29 is 9.18 Å². The van der Waals surface area contributed by atoms with Gasteiger partial charge in [0.25, 0.3) is 0 Å². The first-order valence-electron chi connectivity index (χ1n) is 9.06. The molecule has 0 saturated carbocycles. The topological polar surface area (TPSA) is 123 Å². The third-order valence-corrected chi connectivity index (χ3v) is 4.39. The van der Waals surface area contributed by atoms with Gasteiger partial charge < -0.3 is 16.4 Å². The van der Waals surface area contributed by atoms with Gasteiger partial charge in [-0.2, -0.15) is 0 Å². The van der Waals surface area contributed by atoms with Crippen LogP contribution in [0.15, 0.2) is 53.8 Å². The average Bonchev–Trinajstić information content (AvgIpc) is 2.72. The van der Waals surface area contributed by atoms with Crippen molar-refractivity contribution in [3.63, 3.8) is 0 Å². The third-order valence-electron chi connectivity index (χ3n) is 4.39. The highest BCUT2D eigenvalue weighted by molar-refractivity contribution is 6.01. The van der Waals surface area contributed by atoms with Crippen LogP contribution < -0.4 is 16.8 Å². The summed E-state index contributed by atoms with van der Waals surface area (Å²) in [7, 11) is 3.15. The number of nitrogens with one attached hydrogen (secondary N) is 1. The first-order valence-corrected chi connectivity index (χ1v) is 9.06. The van der Waals surface area contributed by atoms with Crippen LogP contribution in [-0.4, -0.2) is 41.0 Å². The molecule has 0 aliphatic heterocycles. The van der Waals surface area contributed by atoms with Crippen LogP contribution in [0.25, 0.3) is 22.3 Å². The molecular formula is C21H22FN7O. The van der Waals surface area contributed by atoms with Gasteiger partial charge in [0, 0.05) is 36.3 Å². The van der Waals surface area contributed by atoms with Crippen molar-refractivity contribution in [2.75, 3.05) is 14.1 Å². The summed E-state index contributed by atoms with van der Waals surface area (Å²) in [6.45, 7) is 1.88. The smallest absolute Gasteiger partial charge is 0.323 e. The molecule has 30 heavy (non-hydrogen) atoms. The Hall–Kier alpha value is -4.01. The van der Waals surface area contributed by atoms with Gasteiger partial charge in [-0.25, -0.2) is 24.1 Å². The number of urea groups is 1. The zero-order valence-corrected chi connectivity index (χ0v) is 16.8. The van der Waals surface area contributed by atoms with E-state index in [9.17, 15) is 9.18 Å². The number of aliphatic imine (C=N–C) groups is 1. The van der Waals surface area contributed by atoms with Crippen LogP contribution in [0.3, 0.4) is 0 Å². The second kappa shape index (κ2) is 8.56. The Morgan fingerprint density at radius 1 is 1.07 bits per heavy atom. The monoisotopic (exact) mass is 407 g/mol. The summed E-state index contributed by atoms with van der Waals surface area (Å²) in [5.41, 5.74) is 15.7. The maximum atomic E-state index is 13.4. The molecule has 1 aromatic heterocycles. The van der Waals surface area contributed by atoms with E-state index in [0.29, 0.717) is 22.5 Å². The maximum Gasteiger partial charge on any atom is 0.323 e. The number of guanidine groups is 1. The number of halogens is 1. The maximum absolute atomic E-state index is 13.4. The molecule has 2 aromatic carbocycles. The number of rotatable bonds is 3. The summed E-state index contributed by atoms with van der Waals surface area (Å²) < 4.78 is 13.4. The van der Waals surface area contributed by atoms with E-state index >= 15 is 0 Å². The average molecular weight is 407 g/mol. The van der Waals surface area contributed by atoms with E-state index in [2.05, 4.69) is 20.3 Å². The molecule has 0 unspecified atom stereocenters. The quantitative estimate of drug-likeness (QED) is 0.350. The van der Waals surface area contributed by atoms with Gasteiger partial charge in [-0.1, -0.05) is 6.07 Å². The van der Waals surface area contributed by atoms with Gasteiger partial charge in [0.1, 0.15) is 12.1 Å². The lowest BCUT2D eigenvalue weighted by molar-refractivity contribution is 0.222. The van der Waals surface area contributed by atoms with Crippen molar-refractivity contribution in [2.24, 2.45) is 16.5 Å². The molecule has 5 N–H and O–H groups in total. The fourth-order valence-electron chi connectivity index (χ4n) is 2.75. The molecule has 154 valence electrons. The minimum atomic E-state index is -0.438. The summed E-state index contributed by atoms with van der Waals surface area (Å²) >= 11 is 0. The highest BCUT2D eigenvalue weighted by Gasteiger charge is 2.13. The van der Waals surface area contributed by atoms with Gasteiger partial charge in [-0.15, -0.1) is 0 Å². The summed E-state index contributed by atoms with van der Waals surface area (Å²) in [6, 6.07) is 10.7. The Balaban J connectivity index is 2.14. The fraction of sp³-hybridized carbons (Fsp3) is 0.143. The molecule has 8 nitrogen and oxygen atoms in total. The van der Waals surface area contributed by atoms with E-state index in [1.165, 1.54) is 35.5 Å². The minimum Gasteiger partial charge on any atom is -0.396 e. The number of hydrogen-bond donors (Lipinski definition) is 3. The fourth-order valence-corrected chi connectivity index (χ4v) is 2.75. The number of amides is 2. The Labute approximate surface area is 173 Å². The number of benzene rings is 2. The minimum absolute atomic E-state index is 0.142. The molecule has 0 saturated heterocycles. The number of carbonyl (C=O) groups excluding carboxylic acids is 1. The van der Waals surface area contributed by atoms with Gasteiger partial charge in [-0.3, -0.25) is 5.32 Å². The highest BCUT2D eigenvalue weighted by atomic mass is 19.1. The molecule has 0 bridgehead atoms. The van der Waals surface area contributed by atoms with Crippen molar-refractivity contribution in [3.8, 4) is 0 Å². The summed E-state index contributed by atoms with van der Waals surface area (Å²) in [5, 5.41) is 3.31. The molecule has 0 aliphatic carbocycles. The number of nitrogens with zero attached hydrogens (tertiary/aromatic N) is 4. The van der Waals surface area contributed by atoms with Crippen LogP contribution >= 0.6 is 0 Å². The van der Waals surface area contributed by atoms with Gasteiger partial charge in [0.05, 0.1) is 16.9 Å². The van der Waals surface area contributed by atoms with Gasteiger partial charge >= 0.3 is 6.03 Å². The van der Waals surface area contributed by atoms with Crippen LogP contribution in [0.2, 0.25) is 0 Å². The number of nitrogens with two attached hydrogens (primary N) is 2. The first kappa shape index (κ1) is 20.7. The molecule has 0 fully saturated rings. The number of aromatic nitrogens is 2. The van der Waals surface area contributed by atoms with Crippen LogP contribution in [0, 0.1) is 12.7 Å². The lowest BCUT2D eigenvalue weighted by atomic mass is 10.0. The normalized spacial score (nSPS) is 12.5. The van der Waals surface area contributed by atoms with Crippen molar-refractivity contribution >= 4 is 34.3 Å². The molecule has 1 heterocycles. The Bertz CT molecular complexity index is 1150. The lowest BCUT2D eigenvalue weighted by Gasteiger charge is -2.14. The Morgan fingerprint density at radius 3 is 2.40 bits per heavy atom. The summed E-state index contributed by atoms with van der Waals surface area (Å²) in [4.78, 5) is 26.0. The second-order valence-corrected chi connectivity index (χ2v) is 6.78. The summed E-state index contributed by atoms with van der Waals surface area (Å²) in [5.74, 6) is -0.538. The van der Waals surface area contributed by atoms with Crippen LogP contribution in [-0.2, 0) is 0 Å². The highest BCUT2D eigenvalue weighted by Crippen LogP contribution is 2.27. The third kappa shape index (κ3) is 4.52. The summed E-state index contributed by atoms with van der Waals surface area (Å²) in [6.07, 6.45) is 1.50. The predicted octanol–water partition coefficient (Wildman–Crippen LogP) is 2.45. The second-order valence-electron chi connectivity index (χ2n) is 6.78. The van der Waals surface area contributed by atoms with Gasteiger partial charge in [0.2, 0.25) is 5.96 Å². The van der Waals surface area contributed by atoms with E-state index in [-0.39, 0.29) is 5.96 Å². The number of fused-ring (bicyclic) bond motifs is 1. The van der Waals surface area contributed by atoms with Crippen molar-refractivity contribution in [2.45, 2.75) is 6.92 Å². The lowest BCUT2D eigenvalue weighted by Crippen LogP contribution is -2.42. The zero-order valence-electron chi connectivity index (χ0n) is 16.8. The van der Waals surface area contributed by atoms with Crippen LogP contribution in [0.4, 0.5) is 9.18 Å². The Kier molecular flexibility index (Phi) is 5.91. The SMILES string of the molecule is Cc1ncnc2ccc(/C(N)=C(/N=C(\N)NC(=O)N(C)C)c3ccc(F)cc3)cc12. The zero-order chi connectivity index (χ0) is 21.8. The largest absolute Gasteiger partial charge is 0.396 e. The molecule has 0 aliphatic rings. The first-order chi connectivity index (χ1) is 14.3. The van der Waals surface area contributed by atoms with E-state index in [1.54, 1.807) is 20.2 Å². The standard InChI is InChI=1S/C21H22FN7O/c1-12-16-10-14(6-9-17(16)26-11-25-12)18(23)19(13-4-7-15(22)8-5-13)27-20(24)28-21(30)29(2)3/h4-11H,23H2,1-3H3,(H3,24,27,28,30)/b19-18-. The molecular weight excluding hydrogens is 385 g/mol. The molecule has 0 spiro atoms.